The van der Waals surface area contributed by atoms with Crippen LogP contribution in [-0.4, -0.2) is 31.9 Å². The number of unbranched alkanes of at least 4 members (excludes halogenated alkanes) is 2. The largest absolute Gasteiger partial charge is 0.497 e. The van der Waals surface area contributed by atoms with E-state index in [0.29, 0.717) is 12.4 Å². The smallest absolute Gasteiger partial charge is 0.280 e. The number of carbonyl (C=O) groups is 1. The third-order valence-electron chi connectivity index (χ3n) is 4.00. The Morgan fingerprint density at radius 3 is 2.57 bits per heavy atom. The van der Waals surface area contributed by atoms with Crippen molar-refractivity contribution in [3.05, 3.63) is 54.1 Å². The number of ether oxygens (including phenoxy) is 3. The average Bonchev–Trinajstić information content (AvgIpc) is 2.72. The van der Waals surface area contributed by atoms with Crippen molar-refractivity contribution in [2.45, 2.75) is 39.2 Å². The predicted octanol–water partition coefficient (Wildman–Crippen LogP) is 4.18. The molecule has 0 saturated carbocycles. The van der Waals surface area contributed by atoms with E-state index in [9.17, 15) is 4.79 Å². The summed E-state index contributed by atoms with van der Waals surface area (Å²) in [6.07, 6.45) is 4.24. The van der Waals surface area contributed by atoms with E-state index in [-0.39, 0.29) is 5.91 Å². The summed E-state index contributed by atoms with van der Waals surface area (Å²) in [7, 11) is 1.60. The molecule has 2 rings (SSSR count). The topological polar surface area (TPSA) is 69.2 Å². The Morgan fingerprint density at radius 1 is 1.11 bits per heavy atom. The molecule has 2 aromatic carbocycles. The highest BCUT2D eigenvalue weighted by molar-refractivity contribution is 5.84. The van der Waals surface area contributed by atoms with Crippen LogP contribution in [0, 0.1) is 0 Å². The molecule has 6 heteroatoms. The molecule has 0 spiro atoms. The lowest BCUT2D eigenvalue weighted by atomic mass is 10.2. The molecule has 0 fully saturated rings. The van der Waals surface area contributed by atoms with Gasteiger partial charge in [-0.15, -0.1) is 0 Å². The molecule has 2 aromatic rings. The van der Waals surface area contributed by atoms with Gasteiger partial charge in [-0.25, -0.2) is 5.43 Å². The number of nitrogens with one attached hydrogen (secondary N) is 1. The maximum Gasteiger partial charge on any atom is 0.280 e. The van der Waals surface area contributed by atoms with Crippen LogP contribution in [0.1, 0.15) is 38.7 Å². The van der Waals surface area contributed by atoms with E-state index in [1.807, 2.05) is 36.4 Å². The summed E-state index contributed by atoms with van der Waals surface area (Å²) >= 11 is 0. The highest BCUT2D eigenvalue weighted by Crippen LogP contribution is 2.19. The monoisotopic (exact) mass is 384 g/mol. The Balaban J connectivity index is 1.78. The maximum atomic E-state index is 12.1. The molecule has 0 aliphatic carbocycles. The summed E-state index contributed by atoms with van der Waals surface area (Å²) in [5.74, 6) is 1.78. The number of methoxy groups -OCH3 is 1. The normalized spacial score (nSPS) is 11.8. The number of hydrogen-bond donors (Lipinski definition) is 1. The first-order valence-corrected chi connectivity index (χ1v) is 9.49. The van der Waals surface area contributed by atoms with Gasteiger partial charge in [0.05, 0.1) is 19.9 Å². The van der Waals surface area contributed by atoms with E-state index in [2.05, 4.69) is 17.5 Å². The molecule has 0 saturated heterocycles. The fourth-order valence-corrected chi connectivity index (χ4v) is 2.40. The zero-order chi connectivity index (χ0) is 20.2. The van der Waals surface area contributed by atoms with Gasteiger partial charge in [-0.1, -0.05) is 31.9 Å². The van der Waals surface area contributed by atoms with Crippen LogP contribution in [0.3, 0.4) is 0 Å². The zero-order valence-electron chi connectivity index (χ0n) is 16.7. The van der Waals surface area contributed by atoms with Crippen LogP contribution in [0.4, 0.5) is 0 Å². The molecule has 0 aromatic heterocycles. The average molecular weight is 384 g/mol. The number of hydrogen-bond acceptors (Lipinski definition) is 5. The standard InChI is InChI=1S/C22H28N2O4/c1-4-5-6-14-27-19-10-12-20(13-11-19)28-17(2)22(25)24-23-16-18-8-7-9-21(15-18)26-3/h7-13,15-17H,4-6,14H2,1-3H3,(H,24,25)/b23-16-/t17-/m1/s1. The second kappa shape index (κ2) is 11.6. The van der Waals surface area contributed by atoms with Crippen LogP contribution in [0.2, 0.25) is 0 Å². The third kappa shape index (κ3) is 7.31. The second-order valence-electron chi connectivity index (χ2n) is 6.30. The first-order valence-electron chi connectivity index (χ1n) is 9.49. The van der Waals surface area contributed by atoms with Crippen LogP contribution in [-0.2, 0) is 4.79 Å². The van der Waals surface area contributed by atoms with Gasteiger partial charge in [0.25, 0.3) is 5.91 Å². The van der Waals surface area contributed by atoms with Crippen LogP contribution in [0.25, 0.3) is 0 Å². The minimum Gasteiger partial charge on any atom is -0.497 e. The second-order valence-corrected chi connectivity index (χ2v) is 6.30. The predicted molar refractivity (Wildman–Crippen MR) is 110 cm³/mol. The number of nitrogens with zero attached hydrogens (tertiary/aromatic N) is 1. The van der Waals surface area contributed by atoms with Gasteiger partial charge in [-0.05, 0) is 55.3 Å². The van der Waals surface area contributed by atoms with Crippen molar-refractivity contribution in [2.24, 2.45) is 5.10 Å². The van der Waals surface area contributed by atoms with Crippen LogP contribution in [0.15, 0.2) is 53.6 Å². The first-order chi connectivity index (χ1) is 13.6. The molecule has 0 heterocycles. The van der Waals surface area contributed by atoms with Crippen molar-refractivity contribution in [3.8, 4) is 17.2 Å². The van der Waals surface area contributed by atoms with Crippen molar-refractivity contribution in [1.29, 1.82) is 0 Å². The number of benzene rings is 2. The lowest BCUT2D eigenvalue weighted by Crippen LogP contribution is -2.33. The highest BCUT2D eigenvalue weighted by Gasteiger charge is 2.13. The van der Waals surface area contributed by atoms with Gasteiger partial charge in [0.15, 0.2) is 6.10 Å². The Kier molecular flexibility index (Phi) is 8.85. The van der Waals surface area contributed by atoms with Gasteiger partial charge in [-0.2, -0.15) is 5.10 Å². The molecule has 0 bridgehead atoms. The van der Waals surface area contributed by atoms with Crippen LogP contribution >= 0.6 is 0 Å². The minimum absolute atomic E-state index is 0.334. The third-order valence-corrected chi connectivity index (χ3v) is 4.00. The minimum atomic E-state index is -0.682. The molecule has 0 aliphatic rings. The molecule has 1 atom stereocenters. The molecule has 28 heavy (non-hydrogen) atoms. The molecule has 150 valence electrons. The Labute approximate surface area is 166 Å². The molecule has 6 nitrogen and oxygen atoms in total. The summed E-state index contributed by atoms with van der Waals surface area (Å²) in [5, 5.41) is 3.96. The van der Waals surface area contributed by atoms with Crippen molar-refractivity contribution >= 4 is 12.1 Å². The van der Waals surface area contributed by atoms with Crippen molar-refractivity contribution in [3.63, 3.8) is 0 Å². The van der Waals surface area contributed by atoms with Crippen molar-refractivity contribution in [2.75, 3.05) is 13.7 Å². The maximum absolute atomic E-state index is 12.1. The van der Waals surface area contributed by atoms with Crippen molar-refractivity contribution in [1.82, 2.24) is 5.43 Å². The van der Waals surface area contributed by atoms with Crippen LogP contribution in [0.5, 0.6) is 17.2 Å². The fourth-order valence-electron chi connectivity index (χ4n) is 2.40. The SMILES string of the molecule is CCCCCOc1ccc(O[C@H](C)C(=O)N/N=C\c2cccc(OC)c2)cc1. The molecular weight excluding hydrogens is 356 g/mol. The molecule has 1 N–H and O–H groups in total. The molecule has 0 radical (unpaired) electrons. The van der Waals surface area contributed by atoms with Crippen molar-refractivity contribution < 1.29 is 19.0 Å². The van der Waals surface area contributed by atoms with Gasteiger partial charge >= 0.3 is 0 Å². The van der Waals surface area contributed by atoms with E-state index >= 15 is 0 Å². The Hall–Kier alpha value is -3.02. The van der Waals surface area contributed by atoms with E-state index in [0.717, 1.165) is 29.9 Å². The van der Waals surface area contributed by atoms with Gasteiger partial charge in [0.1, 0.15) is 17.2 Å². The van der Waals surface area contributed by atoms with E-state index in [4.69, 9.17) is 14.2 Å². The fraction of sp³-hybridized carbons (Fsp3) is 0.364. The molecule has 0 unspecified atom stereocenters. The summed E-state index contributed by atoms with van der Waals surface area (Å²) in [6, 6.07) is 14.6. The van der Waals surface area contributed by atoms with Gasteiger partial charge < -0.3 is 14.2 Å². The molecule has 0 aliphatic heterocycles. The lowest BCUT2D eigenvalue weighted by Gasteiger charge is -2.13. The highest BCUT2D eigenvalue weighted by atomic mass is 16.5. The summed E-state index contributed by atoms with van der Waals surface area (Å²) in [5.41, 5.74) is 3.30. The summed E-state index contributed by atoms with van der Waals surface area (Å²) < 4.78 is 16.5. The summed E-state index contributed by atoms with van der Waals surface area (Å²) in [6.45, 7) is 4.54. The van der Waals surface area contributed by atoms with E-state index < -0.39 is 6.10 Å². The number of carbonyl (C=O) groups excluding carboxylic acids is 1. The Morgan fingerprint density at radius 2 is 1.86 bits per heavy atom. The van der Waals surface area contributed by atoms with Gasteiger partial charge in [0.2, 0.25) is 0 Å². The zero-order valence-corrected chi connectivity index (χ0v) is 16.7. The number of rotatable bonds is 11. The van der Waals surface area contributed by atoms with E-state index in [1.165, 1.54) is 6.42 Å². The van der Waals surface area contributed by atoms with Gasteiger partial charge in [-0.3, -0.25) is 4.79 Å². The number of hydrazone groups is 1. The quantitative estimate of drug-likeness (QED) is 0.358. The molecular formula is C22H28N2O4. The summed E-state index contributed by atoms with van der Waals surface area (Å²) in [4.78, 5) is 12.1. The lowest BCUT2D eigenvalue weighted by molar-refractivity contribution is -0.127. The van der Waals surface area contributed by atoms with Crippen LogP contribution < -0.4 is 19.6 Å². The van der Waals surface area contributed by atoms with E-state index in [1.54, 1.807) is 32.4 Å². The molecule has 1 amide bonds. The Bertz CT molecular complexity index is 759. The van der Waals surface area contributed by atoms with Gasteiger partial charge in [0, 0.05) is 0 Å². The number of amides is 1. The first kappa shape index (κ1) is 21.3.